The number of aromatic nitrogens is 3. The third kappa shape index (κ3) is 3.19. The number of aliphatic carboxylic acids is 1. The van der Waals surface area contributed by atoms with Gasteiger partial charge in [-0.05, 0) is 37.3 Å². The molecule has 0 saturated heterocycles. The van der Waals surface area contributed by atoms with Crippen LogP contribution in [0.1, 0.15) is 11.3 Å². The van der Waals surface area contributed by atoms with Crippen LogP contribution in [0.3, 0.4) is 0 Å². The van der Waals surface area contributed by atoms with Crippen molar-refractivity contribution in [1.82, 2.24) is 14.8 Å². The van der Waals surface area contributed by atoms with Gasteiger partial charge in [-0.2, -0.15) is 18.3 Å². The van der Waals surface area contributed by atoms with Crippen molar-refractivity contribution in [1.29, 1.82) is 0 Å². The van der Waals surface area contributed by atoms with Crippen molar-refractivity contribution < 1.29 is 27.8 Å². The number of pyridine rings is 1. The Morgan fingerprint density at radius 3 is 2.46 bits per heavy atom. The zero-order valence-corrected chi connectivity index (χ0v) is 13.8. The van der Waals surface area contributed by atoms with Crippen molar-refractivity contribution in [2.75, 3.05) is 7.11 Å². The van der Waals surface area contributed by atoms with Gasteiger partial charge in [0.25, 0.3) is 0 Å². The summed E-state index contributed by atoms with van der Waals surface area (Å²) in [6, 6.07) is 7.32. The van der Waals surface area contributed by atoms with Gasteiger partial charge in [0.05, 0.1) is 29.4 Å². The topological polar surface area (TPSA) is 77.2 Å². The summed E-state index contributed by atoms with van der Waals surface area (Å²) >= 11 is 0. The van der Waals surface area contributed by atoms with E-state index in [1.54, 1.807) is 24.3 Å². The predicted octanol–water partition coefficient (Wildman–Crippen LogP) is 3.52. The summed E-state index contributed by atoms with van der Waals surface area (Å²) in [4.78, 5) is 15.2. The highest BCUT2D eigenvalue weighted by Gasteiger charge is 2.35. The summed E-state index contributed by atoms with van der Waals surface area (Å²) in [6.45, 7) is 0.811. The maximum absolute atomic E-state index is 13.6. The summed E-state index contributed by atoms with van der Waals surface area (Å²) in [5.41, 5.74) is -0.437. The average molecular weight is 365 g/mol. The molecule has 136 valence electrons. The summed E-state index contributed by atoms with van der Waals surface area (Å²) < 4.78 is 46.8. The molecule has 0 radical (unpaired) electrons. The van der Waals surface area contributed by atoms with Gasteiger partial charge >= 0.3 is 12.1 Å². The van der Waals surface area contributed by atoms with Gasteiger partial charge in [-0.15, -0.1) is 0 Å². The second kappa shape index (κ2) is 6.32. The molecule has 1 aromatic carbocycles. The fourth-order valence-electron chi connectivity index (χ4n) is 2.73. The number of hydrogen-bond acceptors (Lipinski definition) is 4. The summed E-state index contributed by atoms with van der Waals surface area (Å²) in [5, 5.41) is 12.7. The Hall–Kier alpha value is -3.10. The maximum Gasteiger partial charge on any atom is 0.417 e. The lowest BCUT2D eigenvalue weighted by Crippen LogP contribution is -2.12. The molecular formula is C17H14F3N3O3. The Bertz CT molecular complexity index is 979. The van der Waals surface area contributed by atoms with Crippen LogP contribution >= 0.6 is 0 Å². The molecule has 0 bridgehead atoms. The number of halogens is 3. The van der Waals surface area contributed by atoms with E-state index in [-0.39, 0.29) is 22.4 Å². The summed E-state index contributed by atoms with van der Waals surface area (Å²) in [6.07, 6.45) is -4.63. The molecule has 0 atom stereocenters. The minimum atomic E-state index is -4.63. The highest BCUT2D eigenvalue weighted by molar-refractivity contribution is 5.86. The molecule has 0 fully saturated rings. The second-order valence-corrected chi connectivity index (χ2v) is 5.62. The van der Waals surface area contributed by atoms with Crippen LogP contribution in [0.15, 0.2) is 30.3 Å². The Morgan fingerprint density at radius 1 is 1.27 bits per heavy atom. The van der Waals surface area contributed by atoms with Gasteiger partial charge in [0.2, 0.25) is 0 Å². The fourth-order valence-corrected chi connectivity index (χ4v) is 2.73. The van der Waals surface area contributed by atoms with Crippen LogP contribution in [0.25, 0.3) is 22.3 Å². The van der Waals surface area contributed by atoms with Crippen LogP contribution in [-0.4, -0.2) is 33.0 Å². The Labute approximate surface area is 145 Å². The Balaban J connectivity index is 2.28. The van der Waals surface area contributed by atoms with Gasteiger partial charge in [0.15, 0.2) is 5.65 Å². The summed E-state index contributed by atoms with van der Waals surface area (Å²) in [7, 11) is 1.48. The van der Waals surface area contributed by atoms with Crippen LogP contribution in [0, 0.1) is 6.92 Å². The lowest BCUT2D eigenvalue weighted by atomic mass is 10.1. The van der Waals surface area contributed by atoms with Crippen molar-refractivity contribution in [2.45, 2.75) is 19.6 Å². The van der Waals surface area contributed by atoms with E-state index >= 15 is 0 Å². The number of benzene rings is 1. The van der Waals surface area contributed by atoms with Crippen molar-refractivity contribution in [3.8, 4) is 17.0 Å². The number of carboxylic acid groups (broad SMARTS) is 1. The van der Waals surface area contributed by atoms with Crippen LogP contribution in [0.4, 0.5) is 13.2 Å². The van der Waals surface area contributed by atoms with E-state index in [4.69, 9.17) is 9.84 Å². The van der Waals surface area contributed by atoms with Gasteiger partial charge < -0.3 is 9.84 Å². The predicted molar refractivity (Wildman–Crippen MR) is 86.9 cm³/mol. The second-order valence-electron chi connectivity index (χ2n) is 5.62. The molecule has 0 aliphatic heterocycles. The van der Waals surface area contributed by atoms with E-state index in [2.05, 4.69) is 10.1 Å². The largest absolute Gasteiger partial charge is 0.497 e. The number of carboxylic acids is 1. The first-order valence-corrected chi connectivity index (χ1v) is 7.52. The normalized spacial score (nSPS) is 11.7. The zero-order valence-electron chi connectivity index (χ0n) is 13.8. The molecule has 0 amide bonds. The number of nitrogens with zero attached hydrogens (tertiary/aromatic N) is 3. The Morgan fingerprint density at radius 2 is 1.92 bits per heavy atom. The minimum Gasteiger partial charge on any atom is -0.497 e. The third-order valence-corrected chi connectivity index (χ3v) is 3.85. The molecule has 0 aliphatic carbocycles. The van der Waals surface area contributed by atoms with Crippen molar-refractivity contribution in [3.05, 3.63) is 41.6 Å². The van der Waals surface area contributed by atoms with E-state index in [1.165, 1.54) is 14.0 Å². The van der Waals surface area contributed by atoms with Crippen molar-refractivity contribution in [3.63, 3.8) is 0 Å². The molecule has 1 N–H and O–H groups in total. The summed E-state index contributed by atoms with van der Waals surface area (Å²) in [5.74, 6) is -0.669. The molecule has 9 heteroatoms. The van der Waals surface area contributed by atoms with Crippen LogP contribution in [0.2, 0.25) is 0 Å². The van der Waals surface area contributed by atoms with E-state index in [1.807, 2.05) is 0 Å². The zero-order chi connectivity index (χ0) is 19.1. The lowest BCUT2D eigenvalue weighted by molar-refractivity contribution is -0.138. The van der Waals surface area contributed by atoms with Gasteiger partial charge in [0, 0.05) is 5.56 Å². The Kier molecular flexibility index (Phi) is 4.31. The van der Waals surface area contributed by atoms with E-state index in [9.17, 15) is 18.0 Å². The van der Waals surface area contributed by atoms with E-state index in [0.29, 0.717) is 11.3 Å². The number of rotatable bonds is 4. The SMILES string of the molecule is COc1ccc(-c2cc(C(F)(F)F)c3c(C)nn(CC(=O)O)c3n2)cc1. The minimum absolute atomic E-state index is 0.0685. The fraction of sp³-hybridized carbons (Fsp3) is 0.235. The molecule has 0 saturated carbocycles. The smallest absolute Gasteiger partial charge is 0.417 e. The molecule has 2 heterocycles. The molecule has 6 nitrogen and oxygen atoms in total. The number of alkyl halides is 3. The number of aryl methyl sites for hydroxylation is 1. The highest BCUT2D eigenvalue weighted by Crippen LogP contribution is 2.38. The number of methoxy groups -OCH3 is 1. The molecule has 3 rings (SSSR count). The van der Waals surface area contributed by atoms with E-state index in [0.717, 1.165) is 10.7 Å². The van der Waals surface area contributed by atoms with Crippen LogP contribution in [0.5, 0.6) is 5.75 Å². The molecule has 2 aromatic heterocycles. The highest BCUT2D eigenvalue weighted by atomic mass is 19.4. The monoisotopic (exact) mass is 365 g/mol. The standard InChI is InChI=1S/C17H14F3N3O3/c1-9-15-12(17(18,19)20)7-13(10-3-5-11(26-2)6-4-10)21-16(15)23(22-9)8-14(24)25/h3-7H,8H2,1-2H3,(H,24,25). The van der Waals surface area contributed by atoms with Crippen LogP contribution in [-0.2, 0) is 17.5 Å². The third-order valence-electron chi connectivity index (χ3n) is 3.85. The first-order chi connectivity index (χ1) is 12.2. The molecule has 26 heavy (non-hydrogen) atoms. The number of fused-ring (bicyclic) bond motifs is 1. The molecule has 0 aliphatic rings. The molecule has 3 aromatic rings. The first kappa shape index (κ1) is 17.7. The molecule has 0 spiro atoms. The van der Waals surface area contributed by atoms with E-state index < -0.39 is 24.3 Å². The van der Waals surface area contributed by atoms with Gasteiger partial charge in [-0.1, -0.05) is 0 Å². The van der Waals surface area contributed by atoms with Crippen LogP contribution < -0.4 is 4.74 Å². The first-order valence-electron chi connectivity index (χ1n) is 7.52. The van der Waals surface area contributed by atoms with Gasteiger partial charge in [-0.3, -0.25) is 4.79 Å². The average Bonchev–Trinajstić information content (AvgIpc) is 2.88. The molecule has 0 unspecified atom stereocenters. The van der Waals surface area contributed by atoms with Gasteiger partial charge in [0.1, 0.15) is 12.3 Å². The number of hydrogen-bond donors (Lipinski definition) is 1. The van der Waals surface area contributed by atoms with Crippen molar-refractivity contribution in [2.24, 2.45) is 0 Å². The van der Waals surface area contributed by atoms with Crippen molar-refractivity contribution >= 4 is 17.0 Å². The van der Waals surface area contributed by atoms with Gasteiger partial charge in [-0.25, -0.2) is 9.67 Å². The number of carbonyl (C=O) groups is 1. The quantitative estimate of drug-likeness (QED) is 0.766. The lowest BCUT2D eigenvalue weighted by Gasteiger charge is -2.12. The number of ether oxygens (including phenoxy) is 1. The maximum atomic E-state index is 13.6. The molecular weight excluding hydrogens is 351 g/mol.